The zero-order valence-electron chi connectivity index (χ0n) is 10.4. The summed E-state index contributed by atoms with van der Waals surface area (Å²) < 4.78 is 7.93. The van der Waals surface area contributed by atoms with Crippen LogP contribution < -0.4 is 5.73 Å². The lowest BCUT2D eigenvalue weighted by atomic mass is 9.98. The third kappa shape index (κ3) is 2.96. The summed E-state index contributed by atoms with van der Waals surface area (Å²) in [6.07, 6.45) is 0.0757. The first kappa shape index (κ1) is 14.5. The van der Waals surface area contributed by atoms with E-state index in [0.717, 1.165) is 28.6 Å². The second kappa shape index (κ2) is 6.48. The van der Waals surface area contributed by atoms with Crippen LogP contribution in [0.25, 0.3) is 0 Å². The molecule has 1 heterocycles. The normalized spacial score (nSPS) is 25.3. The summed E-state index contributed by atoms with van der Waals surface area (Å²) >= 11 is 7.06. The van der Waals surface area contributed by atoms with Gasteiger partial charge in [-0.25, -0.2) is 0 Å². The number of benzene rings is 1. The van der Waals surface area contributed by atoms with Gasteiger partial charge in [-0.15, -0.1) is 0 Å². The minimum atomic E-state index is 0.0757. The van der Waals surface area contributed by atoms with Gasteiger partial charge in [0, 0.05) is 22.0 Å². The summed E-state index contributed by atoms with van der Waals surface area (Å²) in [5.41, 5.74) is 7.10. The number of halogens is 2. The van der Waals surface area contributed by atoms with E-state index in [-0.39, 0.29) is 12.1 Å². The standard InChI is InChI=1S/C13H18Br2N2O/c1-2-17-5-6-18-12(8-16)13(17)9-3-4-10(14)11(15)7-9/h3-4,7,12-13H,2,5-6,8,16H2,1H3. The number of rotatable bonds is 3. The van der Waals surface area contributed by atoms with E-state index in [0.29, 0.717) is 6.54 Å². The summed E-state index contributed by atoms with van der Waals surface area (Å²) in [6, 6.07) is 6.60. The molecule has 100 valence electrons. The van der Waals surface area contributed by atoms with Crippen molar-refractivity contribution in [3.63, 3.8) is 0 Å². The minimum absolute atomic E-state index is 0.0757. The maximum Gasteiger partial charge on any atom is 0.0894 e. The lowest BCUT2D eigenvalue weighted by molar-refractivity contribution is -0.0658. The molecule has 1 fully saturated rings. The van der Waals surface area contributed by atoms with Crippen molar-refractivity contribution in [3.8, 4) is 0 Å². The van der Waals surface area contributed by atoms with Gasteiger partial charge in [-0.05, 0) is 56.1 Å². The van der Waals surface area contributed by atoms with Gasteiger partial charge in [-0.1, -0.05) is 13.0 Å². The Bertz CT molecular complexity index is 402. The van der Waals surface area contributed by atoms with E-state index in [4.69, 9.17) is 10.5 Å². The van der Waals surface area contributed by atoms with Crippen molar-refractivity contribution < 1.29 is 4.74 Å². The Balaban J connectivity index is 2.32. The molecule has 1 aliphatic heterocycles. The molecule has 1 aliphatic rings. The number of likely N-dealkylation sites (N-methyl/N-ethyl adjacent to an activating group) is 1. The van der Waals surface area contributed by atoms with E-state index >= 15 is 0 Å². The fourth-order valence-electron chi connectivity index (χ4n) is 2.46. The van der Waals surface area contributed by atoms with Crippen molar-refractivity contribution in [2.45, 2.75) is 19.1 Å². The molecule has 5 heteroatoms. The molecule has 2 rings (SSSR count). The zero-order valence-corrected chi connectivity index (χ0v) is 13.6. The Morgan fingerprint density at radius 3 is 2.78 bits per heavy atom. The van der Waals surface area contributed by atoms with Crippen LogP contribution in [0.4, 0.5) is 0 Å². The predicted octanol–water partition coefficient (Wildman–Crippen LogP) is 2.93. The minimum Gasteiger partial charge on any atom is -0.374 e. The average Bonchev–Trinajstić information content (AvgIpc) is 2.41. The predicted molar refractivity (Wildman–Crippen MR) is 80.6 cm³/mol. The van der Waals surface area contributed by atoms with E-state index < -0.39 is 0 Å². The highest BCUT2D eigenvalue weighted by Gasteiger charge is 2.31. The first-order valence-electron chi connectivity index (χ1n) is 6.18. The van der Waals surface area contributed by atoms with Gasteiger partial charge in [0.05, 0.1) is 18.8 Å². The molecule has 0 radical (unpaired) electrons. The maximum atomic E-state index is 5.84. The van der Waals surface area contributed by atoms with Gasteiger partial charge in [0.2, 0.25) is 0 Å². The number of nitrogens with zero attached hydrogens (tertiary/aromatic N) is 1. The summed E-state index contributed by atoms with van der Waals surface area (Å²) in [4.78, 5) is 2.43. The molecule has 1 aromatic rings. The monoisotopic (exact) mass is 376 g/mol. The molecule has 0 aliphatic carbocycles. The first-order chi connectivity index (χ1) is 8.67. The highest BCUT2D eigenvalue weighted by molar-refractivity contribution is 9.13. The summed E-state index contributed by atoms with van der Waals surface area (Å²) in [5, 5.41) is 0. The van der Waals surface area contributed by atoms with Crippen molar-refractivity contribution in [2.24, 2.45) is 5.73 Å². The maximum absolute atomic E-state index is 5.84. The highest BCUT2D eigenvalue weighted by atomic mass is 79.9. The molecule has 0 amide bonds. The van der Waals surface area contributed by atoms with Crippen LogP contribution in [0.5, 0.6) is 0 Å². The largest absolute Gasteiger partial charge is 0.374 e. The fourth-order valence-corrected chi connectivity index (χ4v) is 3.10. The molecule has 2 N–H and O–H groups in total. The van der Waals surface area contributed by atoms with Gasteiger partial charge in [0.15, 0.2) is 0 Å². The molecule has 0 aromatic heterocycles. The van der Waals surface area contributed by atoms with Gasteiger partial charge >= 0.3 is 0 Å². The summed E-state index contributed by atoms with van der Waals surface area (Å²) in [6.45, 7) is 5.47. The Morgan fingerprint density at radius 2 is 2.17 bits per heavy atom. The van der Waals surface area contributed by atoms with Crippen molar-refractivity contribution in [3.05, 3.63) is 32.7 Å². The summed E-state index contributed by atoms with van der Waals surface area (Å²) in [7, 11) is 0. The topological polar surface area (TPSA) is 38.5 Å². The average molecular weight is 378 g/mol. The van der Waals surface area contributed by atoms with Gasteiger partial charge < -0.3 is 10.5 Å². The number of nitrogens with two attached hydrogens (primary N) is 1. The van der Waals surface area contributed by atoms with E-state index in [9.17, 15) is 0 Å². The molecule has 1 saturated heterocycles. The molecule has 0 spiro atoms. The van der Waals surface area contributed by atoms with Gasteiger partial charge in [0.1, 0.15) is 0 Å². The van der Waals surface area contributed by atoms with Crippen LogP contribution in [0.3, 0.4) is 0 Å². The third-order valence-electron chi connectivity index (χ3n) is 3.38. The van der Waals surface area contributed by atoms with Crippen LogP contribution in [0.2, 0.25) is 0 Å². The Morgan fingerprint density at radius 1 is 1.39 bits per heavy atom. The number of morpholine rings is 1. The lowest BCUT2D eigenvalue weighted by Crippen LogP contribution is -2.48. The molecule has 0 bridgehead atoms. The van der Waals surface area contributed by atoms with Gasteiger partial charge in [-0.2, -0.15) is 0 Å². The van der Waals surface area contributed by atoms with Crippen molar-refractivity contribution >= 4 is 31.9 Å². The van der Waals surface area contributed by atoms with Crippen LogP contribution in [0.1, 0.15) is 18.5 Å². The number of ether oxygens (including phenoxy) is 1. The lowest BCUT2D eigenvalue weighted by Gasteiger charge is -2.40. The third-order valence-corrected chi connectivity index (χ3v) is 5.26. The van der Waals surface area contributed by atoms with Crippen LogP contribution in [0, 0.1) is 0 Å². The molecule has 2 atom stereocenters. The molecule has 3 nitrogen and oxygen atoms in total. The molecule has 2 unspecified atom stereocenters. The van der Waals surface area contributed by atoms with Crippen LogP contribution >= 0.6 is 31.9 Å². The quantitative estimate of drug-likeness (QED) is 0.879. The van der Waals surface area contributed by atoms with E-state index in [1.165, 1.54) is 5.56 Å². The van der Waals surface area contributed by atoms with E-state index in [1.807, 2.05) is 0 Å². The van der Waals surface area contributed by atoms with Crippen LogP contribution in [0.15, 0.2) is 27.1 Å². The molecular weight excluding hydrogens is 360 g/mol. The van der Waals surface area contributed by atoms with E-state index in [2.05, 4.69) is 61.9 Å². The molecule has 0 saturated carbocycles. The second-order valence-corrected chi connectivity index (χ2v) is 6.10. The summed E-state index contributed by atoms with van der Waals surface area (Å²) in [5.74, 6) is 0. The fraction of sp³-hybridized carbons (Fsp3) is 0.538. The van der Waals surface area contributed by atoms with Crippen molar-refractivity contribution in [2.75, 3.05) is 26.2 Å². The smallest absolute Gasteiger partial charge is 0.0894 e. The van der Waals surface area contributed by atoms with Crippen molar-refractivity contribution in [1.29, 1.82) is 0 Å². The molecular formula is C13H18Br2N2O. The van der Waals surface area contributed by atoms with Crippen LogP contribution in [-0.4, -0.2) is 37.2 Å². The zero-order chi connectivity index (χ0) is 13.1. The first-order valence-corrected chi connectivity index (χ1v) is 7.76. The number of hydrogen-bond acceptors (Lipinski definition) is 3. The second-order valence-electron chi connectivity index (χ2n) is 4.39. The van der Waals surface area contributed by atoms with Crippen LogP contribution in [-0.2, 0) is 4.74 Å². The van der Waals surface area contributed by atoms with Gasteiger partial charge in [0.25, 0.3) is 0 Å². The Labute approximate surface area is 125 Å². The van der Waals surface area contributed by atoms with E-state index in [1.54, 1.807) is 0 Å². The molecule has 1 aromatic carbocycles. The Hall–Kier alpha value is 0.0600. The van der Waals surface area contributed by atoms with Gasteiger partial charge in [-0.3, -0.25) is 4.90 Å². The van der Waals surface area contributed by atoms with Crippen molar-refractivity contribution in [1.82, 2.24) is 4.90 Å². The molecule has 18 heavy (non-hydrogen) atoms. The Kier molecular flexibility index (Phi) is 5.21. The highest BCUT2D eigenvalue weighted by Crippen LogP contribution is 2.33. The number of hydrogen-bond donors (Lipinski definition) is 1. The SMILES string of the molecule is CCN1CCOC(CN)C1c1ccc(Br)c(Br)c1.